The minimum atomic E-state index is -0.908. The van der Waals surface area contributed by atoms with Crippen molar-refractivity contribution in [3.8, 4) is 11.5 Å². The van der Waals surface area contributed by atoms with Gasteiger partial charge in [0.05, 0.1) is 5.69 Å². The average molecular weight is 476 g/mol. The van der Waals surface area contributed by atoms with Crippen LogP contribution in [0.5, 0.6) is 11.5 Å². The third-order valence-corrected chi connectivity index (χ3v) is 6.55. The normalized spacial score (nSPS) is 22.7. The van der Waals surface area contributed by atoms with E-state index in [4.69, 9.17) is 27.9 Å². The Bertz CT molecular complexity index is 1060. The van der Waals surface area contributed by atoms with Gasteiger partial charge < -0.3 is 15.4 Å². The predicted octanol–water partition coefficient (Wildman–Crippen LogP) is 5.22. The van der Waals surface area contributed by atoms with E-state index in [1.165, 1.54) is 0 Å². The number of anilines is 1. The minimum Gasteiger partial charge on any atom is -0.455 e. The molecule has 2 N–H and O–H groups in total. The van der Waals surface area contributed by atoms with Gasteiger partial charge in [-0.1, -0.05) is 43.0 Å². The van der Waals surface area contributed by atoms with Crippen molar-refractivity contribution in [3.63, 3.8) is 0 Å². The molecule has 1 saturated heterocycles. The highest BCUT2D eigenvalue weighted by atomic mass is 35.5. The van der Waals surface area contributed by atoms with Crippen molar-refractivity contribution in [2.75, 3.05) is 11.9 Å². The first-order chi connectivity index (χ1) is 15.3. The fraction of sp³-hybridized carbons (Fsp3) is 0.348. The van der Waals surface area contributed by atoms with Gasteiger partial charge >= 0.3 is 6.03 Å². The fourth-order valence-electron chi connectivity index (χ4n) is 4.29. The number of amides is 4. The third-order valence-electron chi connectivity index (χ3n) is 6.06. The van der Waals surface area contributed by atoms with Gasteiger partial charge in [0.15, 0.2) is 5.75 Å². The largest absolute Gasteiger partial charge is 0.455 e. The molecule has 0 bridgehead atoms. The number of nitrogens with zero attached hydrogens (tertiary/aromatic N) is 1. The highest BCUT2D eigenvalue weighted by Crippen LogP contribution is 2.38. The SMILES string of the molecule is CC1CCCCC12NC(=O)N(CC(=O)Nc1cc(Cl)ccc1Oc1ccc(Cl)cc1)C2=O. The number of carbonyl (C=O) groups excluding carboxylic acids is 3. The molecule has 4 amide bonds. The lowest BCUT2D eigenvalue weighted by atomic mass is 9.73. The molecule has 0 aromatic heterocycles. The molecule has 1 spiro atoms. The van der Waals surface area contributed by atoms with E-state index >= 15 is 0 Å². The predicted molar refractivity (Wildman–Crippen MR) is 122 cm³/mol. The summed E-state index contributed by atoms with van der Waals surface area (Å²) in [5, 5.41) is 6.52. The van der Waals surface area contributed by atoms with E-state index in [2.05, 4.69) is 10.6 Å². The van der Waals surface area contributed by atoms with Crippen LogP contribution < -0.4 is 15.4 Å². The van der Waals surface area contributed by atoms with Gasteiger partial charge in [-0.25, -0.2) is 4.79 Å². The van der Waals surface area contributed by atoms with Crippen LogP contribution in [0.4, 0.5) is 10.5 Å². The summed E-state index contributed by atoms with van der Waals surface area (Å²) in [6, 6.07) is 11.0. The first kappa shape index (κ1) is 22.4. The second-order valence-corrected chi connectivity index (χ2v) is 9.06. The maximum atomic E-state index is 13.1. The number of carbonyl (C=O) groups is 3. The van der Waals surface area contributed by atoms with Crippen LogP contribution in [0.3, 0.4) is 0 Å². The van der Waals surface area contributed by atoms with Crippen LogP contribution in [0, 0.1) is 5.92 Å². The van der Waals surface area contributed by atoms with E-state index in [0.29, 0.717) is 33.7 Å². The standard InChI is InChI=1S/C23H23Cl2N3O4/c1-14-4-2-3-11-23(14)21(30)28(22(31)27-23)13-20(29)26-18-12-16(25)7-10-19(18)32-17-8-5-15(24)6-9-17/h5-10,12,14H,2-4,11,13H2,1H3,(H,26,29)(H,27,31). The number of imide groups is 1. The Morgan fingerprint density at radius 2 is 1.88 bits per heavy atom. The summed E-state index contributed by atoms with van der Waals surface area (Å²) in [6.07, 6.45) is 3.34. The van der Waals surface area contributed by atoms with E-state index in [-0.39, 0.29) is 11.8 Å². The Balaban J connectivity index is 1.48. The molecule has 2 aromatic rings. The monoisotopic (exact) mass is 475 g/mol. The molecule has 2 atom stereocenters. The van der Waals surface area contributed by atoms with Crippen molar-refractivity contribution in [1.82, 2.24) is 10.2 Å². The summed E-state index contributed by atoms with van der Waals surface area (Å²) in [5.74, 6) is 0.0353. The van der Waals surface area contributed by atoms with E-state index in [1.807, 2.05) is 6.92 Å². The number of hydrogen-bond donors (Lipinski definition) is 2. The molecular weight excluding hydrogens is 453 g/mol. The molecule has 2 fully saturated rings. The molecular formula is C23H23Cl2N3O4. The van der Waals surface area contributed by atoms with Crippen molar-refractivity contribution < 1.29 is 19.1 Å². The summed E-state index contributed by atoms with van der Waals surface area (Å²) in [6.45, 7) is 1.57. The quantitative estimate of drug-likeness (QED) is 0.579. The van der Waals surface area contributed by atoms with Gasteiger partial charge in [-0.15, -0.1) is 0 Å². The Labute approximate surface area is 196 Å². The second-order valence-electron chi connectivity index (χ2n) is 8.18. The maximum Gasteiger partial charge on any atom is 0.325 e. The number of benzene rings is 2. The molecule has 32 heavy (non-hydrogen) atoms. The van der Waals surface area contributed by atoms with Gasteiger partial charge in [-0.05, 0) is 61.2 Å². The second kappa shape index (κ2) is 9.00. The molecule has 0 radical (unpaired) electrons. The van der Waals surface area contributed by atoms with Crippen LogP contribution in [-0.4, -0.2) is 34.8 Å². The number of rotatable bonds is 5. The average Bonchev–Trinajstić information content (AvgIpc) is 2.98. The number of ether oxygens (including phenoxy) is 1. The lowest BCUT2D eigenvalue weighted by molar-refractivity contribution is -0.136. The van der Waals surface area contributed by atoms with Gasteiger partial charge in [0.2, 0.25) is 5.91 Å². The molecule has 2 unspecified atom stereocenters. The van der Waals surface area contributed by atoms with Crippen LogP contribution in [0.25, 0.3) is 0 Å². The van der Waals surface area contributed by atoms with Crippen molar-refractivity contribution >= 4 is 46.7 Å². The Morgan fingerprint density at radius 1 is 1.16 bits per heavy atom. The Morgan fingerprint density at radius 3 is 2.59 bits per heavy atom. The minimum absolute atomic E-state index is 0.0214. The van der Waals surface area contributed by atoms with Gasteiger partial charge in [0.1, 0.15) is 17.8 Å². The molecule has 9 heteroatoms. The maximum absolute atomic E-state index is 13.1. The van der Waals surface area contributed by atoms with Crippen molar-refractivity contribution in [2.24, 2.45) is 5.92 Å². The van der Waals surface area contributed by atoms with Crippen LogP contribution in [-0.2, 0) is 9.59 Å². The summed E-state index contributed by atoms with van der Waals surface area (Å²) >= 11 is 12.0. The highest BCUT2D eigenvalue weighted by Gasteiger charge is 2.55. The summed E-state index contributed by atoms with van der Waals surface area (Å²) < 4.78 is 5.84. The van der Waals surface area contributed by atoms with Crippen LogP contribution >= 0.6 is 23.2 Å². The number of halogens is 2. The van der Waals surface area contributed by atoms with E-state index in [0.717, 1.165) is 24.2 Å². The molecule has 4 rings (SSSR count). The fourth-order valence-corrected chi connectivity index (χ4v) is 4.59. The first-order valence-electron chi connectivity index (χ1n) is 10.5. The Hall–Kier alpha value is -2.77. The van der Waals surface area contributed by atoms with Gasteiger partial charge in [0, 0.05) is 10.0 Å². The van der Waals surface area contributed by atoms with Crippen LogP contribution in [0.15, 0.2) is 42.5 Å². The van der Waals surface area contributed by atoms with Crippen molar-refractivity contribution in [2.45, 2.75) is 38.1 Å². The summed E-state index contributed by atoms with van der Waals surface area (Å²) in [7, 11) is 0. The number of urea groups is 1. The topological polar surface area (TPSA) is 87.7 Å². The molecule has 7 nitrogen and oxygen atoms in total. The van der Waals surface area contributed by atoms with E-state index in [9.17, 15) is 14.4 Å². The zero-order chi connectivity index (χ0) is 22.9. The molecule has 1 aliphatic heterocycles. The first-order valence-corrected chi connectivity index (χ1v) is 11.2. The highest BCUT2D eigenvalue weighted by molar-refractivity contribution is 6.31. The molecule has 1 saturated carbocycles. The lowest BCUT2D eigenvalue weighted by Crippen LogP contribution is -2.54. The van der Waals surface area contributed by atoms with Crippen molar-refractivity contribution in [1.29, 1.82) is 0 Å². The molecule has 2 aliphatic rings. The smallest absolute Gasteiger partial charge is 0.325 e. The van der Waals surface area contributed by atoms with Crippen LogP contribution in [0.1, 0.15) is 32.6 Å². The van der Waals surface area contributed by atoms with Crippen LogP contribution in [0.2, 0.25) is 10.0 Å². The van der Waals surface area contributed by atoms with Crippen molar-refractivity contribution in [3.05, 3.63) is 52.5 Å². The molecule has 1 aliphatic carbocycles. The van der Waals surface area contributed by atoms with Gasteiger partial charge in [-0.3, -0.25) is 14.5 Å². The molecule has 2 aromatic carbocycles. The van der Waals surface area contributed by atoms with E-state index in [1.54, 1.807) is 42.5 Å². The van der Waals surface area contributed by atoms with E-state index < -0.39 is 24.0 Å². The molecule has 168 valence electrons. The zero-order valence-corrected chi connectivity index (χ0v) is 19.0. The van der Waals surface area contributed by atoms with Gasteiger partial charge in [-0.2, -0.15) is 0 Å². The number of nitrogens with one attached hydrogen (secondary N) is 2. The zero-order valence-electron chi connectivity index (χ0n) is 17.5. The number of hydrogen-bond acceptors (Lipinski definition) is 4. The summed E-state index contributed by atoms with van der Waals surface area (Å²) in [4.78, 5) is 39.4. The van der Waals surface area contributed by atoms with Gasteiger partial charge in [0.25, 0.3) is 5.91 Å². The third kappa shape index (κ3) is 4.40. The summed E-state index contributed by atoms with van der Waals surface area (Å²) in [5.41, 5.74) is -0.584. The Kier molecular flexibility index (Phi) is 6.31. The molecule has 1 heterocycles. The lowest BCUT2D eigenvalue weighted by Gasteiger charge is -2.36.